The van der Waals surface area contributed by atoms with Gasteiger partial charge in [-0.2, -0.15) is 0 Å². The van der Waals surface area contributed by atoms with E-state index in [0.29, 0.717) is 35.2 Å². The maximum atomic E-state index is 13.7. The molecule has 0 aromatic heterocycles. The number of amides is 5. The molecule has 5 amide bonds. The molecular weight excluding hydrogens is 554 g/mol. The third-order valence-corrected chi connectivity index (χ3v) is 8.29. The number of carbonyl (C=O) groups is 3. The van der Waals surface area contributed by atoms with E-state index < -0.39 is 12.1 Å². The highest BCUT2D eigenvalue weighted by atomic mass is 16.7. The maximum Gasteiger partial charge on any atom is 0.321 e. The molecule has 3 atom stereocenters. The molecule has 12 nitrogen and oxygen atoms in total. The predicted molar refractivity (Wildman–Crippen MR) is 161 cm³/mol. The van der Waals surface area contributed by atoms with Crippen molar-refractivity contribution in [2.45, 2.75) is 64.1 Å². The highest BCUT2D eigenvalue weighted by molar-refractivity contribution is 5.99. The van der Waals surface area contributed by atoms with Crippen molar-refractivity contribution in [1.82, 2.24) is 15.1 Å². The van der Waals surface area contributed by atoms with E-state index in [2.05, 4.69) is 16.0 Å². The van der Waals surface area contributed by atoms with E-state index in [9.17, 15) is 19.5 Å². The number of aliphatic hydroxyl groups is 1. The number of rotatable bonds is 7. The lowest BCUT2D eigenvalue weighted by Gasteiger charge is -2.38. The Kier molecular flexibility index (Phi) is 9.44. The monoisotopic (exact) mass is 595 g/mol. The van der Waals surface area contributed by atoms with E-state index in [-0.39, 0.29) is 55.4 Å². The van der Waals surface area contributed by atoms with Gasteiger partial charge in [-0.1, -0.05) is 26.2 Å². The average molecular weight is 596 g/mol. The van der Waals surface area contributed by atoms with Crippen LogP contribution >= 0.6 is 0 Å². The van der Waals surface area contributed by atoms with E-state index in [4.69, 9.17) is 14.2 Å². The van der Waals surface area contributed by atoms with Gasteiger partial charge in [-0.15, -0.1) is 0 Å². The van der Waals surface area contributed by atoms with Crippen LogP contribution in [0.5, 0.6) is 17.2 Å². The maximum absolute atomic E-state index is 13.7. The number of anilines is 2. The molecule has 1 aliphatic carbocycles. The Morgan fingerprint density at radius 3 is 2.47 bits per heavy atom. The molecule has 12 heteroatoms. The second-order valence-electron chi connectivity index (χ2n) is 11.6. The van der Waals surface area contributed by atoms with E-state index in [1.807, 2.05) is 6.92 Å². The molecule has 4 N–H and O–H groups in total. The van der Waals surface area contributed by atoms with Crippen LogP contribution in [0.3, 0.4) is 0 Å². The molecule has 3 aliphatic rings. The topological polar surface area (TPSA) is 142 Å². The van der Waals surface area contributed by atoms with Crippen LogP contribution in [-0.4, -0.2) is 84.6 Å². The zero-order valence-corrected chi connectivity index (χ0v) is 24.9. The van der Waals surface area contributed by atoms with Gasteiger partial charge in [0.05, 0.1) is 24.8 Å². The van der Waals surface area contributed by atoms with Crippen molar-refractivity contribution in [2.75, 3.05) is 44.2 Å². The second kappa shape index (κ2) is 13.4. The van der Waals surface area contributed by atoms with Gasteiger partial charge in [0.2, 0.25) is 6.79 Å². The molecule has 232 valence electrons. The molecule has 43 heavy (non-hydrogen) atoms. The predicted octanol–water partition coefficient (Wildman–Crippen LogP) is 4.25. The number of carbonyl (C=O) groups excluding carboxylic acids is 3. The van der Waals surface area contributed by atoms with Crippen LogP contribution in [0.25, 0.3) is 0 Å². The summed E-state index contributed by atoms with van der Waals surface area (Å²) in [6, 6.07) is 9.22. The van der Waals surface area contributed by atoms with Crippen molar-refractivity contribution in [3.05, 3.63) is 42.0 Å². The minimum atomic E-state index is -0.471. The Morgan fingerprint density at radius 2 is 1.72 bits per heavy atom. The van der Waals surface area contributed by atoms with E-state index in [0.717, 1.165) is 25.7 Å². The number of hydrogen-bond donors (Lipinski definition) is 4. The van der Waals surface area contributed by atoms with Gasteiger partial charge in [0, 0.05) is 43.0 Å². The number of urea groups is 2. The third-order valence-electron chi connectivity index (χ3n) is 8.29. The summed E-state index contributed by atoms with van der Waals surface area (Å²) in [6.45, 7) is 4.21. The first-order chi connectivity index (χ1) is 20.7. The van der Waals surface area contributed by atoms with Gasteiger partial charge in [0.25, 0.3) is 5.91 Å². The first kappa shape index (κ1) is 30.3. The lowest BCUT2D eigenvalue weighted by molar-refractivity contribution is 0.0371. The Labute approximate surface area is 251 Å². The van der Waals surface area contributed by atoms with Gasteiger partial charge in [-0.3, -0.25) is 4.79 Å². The van der Waals surface area contributed by atoms with Gasteiger partial charge >= 0.3 is 12.1 Å². The van der Waals surface area contributed by atoms with E-state index >= 15 is 0 Å². The minimum Gasteiger partial charge on any atom is -0.487 e. The lowest BCUT2D eigenvalue weighted by Crippen LogP contribution is -2.50. The van der Waals surface area contributed by atoms with Crippen molar-refractivity contribution in [3.63, 3.8) is 0 Å². The number of aliphatic hydroxyl groups excluding tert-OH is 1. The van der Waals surface area contributed by atoms with E-state index in [1.165, 1.54) is 11.3 Å². The molecule has 0 spiro atoms. The molecule has 5 rings (SSSR count). The van der Waals surface area contributed by atoms with Crippen molar-refractivity contribution in [2.24, 2.45) is 5.92 Å². The van der Waals surface area contributed by atoms with Gasteiger partial charge in [-0.25, -0.2) is 9.59 Å². The van der Waals surface area contributed by atoms with Crippen LogP contribution < -0.4 is 30.2 Å². The highest BCUT2D eigenvalue weighted by Crippen LogP contribution is 2.34. The first-order valence-electron chi connectivity index (χ1n) is 14.9. The number of likely N-dealkylation sites (N-methyl/N-ethyl adjacent to an activating group) is 1. The van der Waals surface area contributed by atoms with Gasteiger partial charge in [0.1, 0.15) is 11.9 Å². The molecule has 2 heterocycles. The molecule has 2 aromatic carbocycles. The summed E-state index contributed by atoms with van der Waals surface area (Å²) in [4.78, 5) is 42.7. The zero-order valence-electron chi connectivity index (χ0n) is 24.9. The summed E-state index contributed by atoms with van der Waals surface area (Å²) in [5.41, 5.74) is 1.31. The Bertz CT molecular complexity index is 1330. The standard InChI is InChI=1S/C31H41N5O7/c1-19-15-36(20(2)17-37)29(38)24-13-22(33-30(39)32-21-7-5-4-6-8-21)9-11-25(24)43-28(19)16-35(3)31(40)34-23-10-12-26-27(14-23)42-18-41-26/h9-14,19-21,28,37H,4-8,15-18H2,1-3H3,(H,34,40)(H2,32,33,39)/t19-,20+,28-/m1/s1. The van der Waals surface area contributed by atoms with Crippen molar-refractivity contribution in [3.8, 4) is 17.2 Å². The van der Waals surface area contributed by atoms with Crippen LogP contribution in [0, 0.1) is 5.92 Å². The number of nitrogens with one attached hydrogen (secondary N) is 3. The third kappa shape index (κ3) is 7.24. The zero-order chi connectivity index (χ0) is 30.5. The molecule has 0 bridgehead atoms. The smallest absolute Gasteiger partial charge is 0.321 e. The SMILES string of the molecule is C[C@@H]1CN([C@@H](C)CO)C(=O)c2cc(NC(=O)NC3CCCCC3)ccc2O[C@@H]1CN(C)C(=O)Nc1ccc2c(c1)OCO2. The summed E-state index contributed by atoms with van der Waals surface area (Å²) in [5, 5.41) is 18.7. The first-order valence-corrected chi connectivity index (χ1v) is 14.9. The number of hydrogen-bond acceptors (Lipinski definition) is 7. The number of benzene rings is 2. The Hall–Kier alpha value is -4.19. The molecular formula is C31H41N5O7. The minimum absolute atomic E-state index is 0.144. The fraction of sp³-hybridized carbons (Fsp3) is 0.516. The van der Waals surface area contributed by atoms with Crippen molar-refractivity contribution in [1.29, 1.82) is 0 Å². The molecule has 0 unspecified atom stereocenters. The van der Waals surface area contributed by atoms with Crippen LogP contribution in [0.15, 0.2) is 36.4 Å². The largest absolute Gasteiger partial charge is 0.487 e. The van der Waals surface area contributed by atoms with Crippen LogP contribution in [0.1, 0.15) is 56.3 Å². The molecule has 1 saturated carbocycles. The summed E-state index contributed by atoms with van der Waals surface area (Å²) in [6.07, 6.45) is 4.84. The molecule has 2 aliphatic heterocycles. The highest BCUT2D eigenvalue weighted by Gasteiger charge is 2.34. The fourth-order valence-electron chi connectivity index (χ4n) is 5.66. The van der Waals surface area contributed by atoms with Gasteiger partial charge in [0.15, 0.2) is 11.5 Å². The van der Waals surface area contributed by atoms with Gasteiger partial charge < -0.3 is 45.1 Å². The summed E-state index contributed by atoms with van der Waals surface area (Å²) < 4.78 is 17.1. The van der Waals surface area contributed by atoms with E-state index in [1.54, 1.807) is 55.3 Å². The molecule has 1 fully saturated rings. The van der Waals surface area contributed by atoms with Crippen LogP contribution in [0.4, 0.5) is 21.0 Å². The fourth-order valence-corrected chi connectivity index (χ4v) is 5.66. The quantitative estimate of drug-likeness (QED) is 0.375. The molecule has 0 radical (unpaired) electrons. The van der Waals surface area contributed by atoms with Crippen LogP contribution in [-0.2, 0) is 0 Å². The molecule has 2 aromatic rings. The number of nitrogens with zero attached hydrogens (tertiary/aromatic N) is 2. The Balaban J connectivity index is 1.31. The van der Waals surface area contributed by atoms with Gasteiger partial charge in [-0.05, 0) is 50.1 Å². The van der Waals surface area contributed by atoms with Crippen molar-refractivity contribution < 1.29 is 33.7 Å². The average Bonchev–Trinajstić information content (AvgIpc) is 3.47. The molecule has 0 saturated heterocycles. The number of ether oxygens (including phenoxy) is 3. The second-order valence-corrected chi connectivity index (χ2v) is 11.6. The Morgan fingerprint density at radius 1 is 1.02 bits per heavy atom. The number of fused-ring (bicyclic) bond motifs is 2. The summed E-state index contributed by atoms with van der Waals surface area (Å²) in [7, 11) is 1.68. The van der Waals surface area contributed by atoms with Crippen molar-refractivity contribution >= 4 is 29.3 Å². The summed E-state index contributed by atoms with van der Waals surface area (Å²) >= 11 is 0. The lowest BCUT2D eigenvalue weighted by atomic mass is 9.96. The van der Waals surface area contributed by atoms with Crippen LogP contribution in [0.2, 0.25) is 0 Å². The normalized spacial score (nSPS) is 20.7. The summed E-state index contributed by atoms with van der Waals surface area (Å²) in [5.74, 6) is 1.07.